The lowest BCUT2D eigenvalue weighted by atomic mass is 10.1. The highest BCUT2D eigenvalue weighted by atomic mass is 16.4. The molecule has 0 aliphatic heterocycles. The SMILES string of the molecule is NCCCC[C@@H](C=O)NC(=O)CC(=O)O. The Morgan fingerprint density at radius 1 is 1.40 bits per heavy atom. The van der Waals surface area contributed by atoms with E-state index in [4.69, 9.17) is 10.8 Å². The molecule has 0 radical (unpaired) electrons. The van der Waals surface area contributed by atoms with Crippen LogP contribution < -0.4 is 11.1 Å². The minimum atomic E-state index is -1.21. The highest BCUT2D eigenvalue weighted by molar-refractivity contribution is 5.94. The Morgan fingerprint density at radius 3 is 2.53 bits per heavy atom. The van der Waals surface area contributed by atoms with E-state index in [0.29, 0.717) is 19.3 Å². The third kappa shape index (κ3) is 7.63. The van der Waals surface area contributed by atoms with Gasteiger partial charge in [0.05, 0.1) is 6.04 Å². The largest absolute Gasteiger partial charge is 0.481 e. The highest BCUT2D eigenvalue weighted by Gasteiger charge is 2.13. The maximum Gasteiger partial charge on any atom is 0.312 e. The van der Waals surface area contributed by atoms with E-state index >= 15 is 0 Å². The third-order valence-electron chi connectivity index (χ3n) is 1.79. The van der Waals surface area contributed by atoms with Crippen molar-refractivity contribution in [3.63, 3.8) is 0 Å². The van der Waals surface area contributed by atoms with Crippen molar-refractivity contribution in [1.29, 1.82) is 0 Å². The molecule has 0 saturated carbocycles. The van der Waals surface area contributed by atoms with Crippen LogP contribution >= 0.6 is 0 Å². The van der Waals surface area contributed by atoms with Crippen molar-refractivity contribution in [3.8, 4) is 0 Å². The maximum absolute atomic E-state index is 11.0. The van der Waals surface area contributed by atoms with Crippen LogP contribution in [-0.2, 0) is 14.4 Å². The molecule has 0 aliphatic rings. The molecule has 1 atom stereocenters. The normalized spacial score (nSPS) is 11.8. The van der Waals surface area contributed by atoms with Gasteiger partial charge in [-0.3, -0.25) is 9.59 Å². The maximum atomic E-state index is 11.0. The number of hydrogen-bond donors (Lipinski definition) is 3. The van der Waals surface area contributed by atoms with E-state index in [9.17, 15) is 14.4 Å². The summed E-state index contributed by atoms with van der Waals surface area (Å²) in [6.45, 7) is 0.536. The molecule has 0 unspecified atom stereocenters. The number of hydrogen-bond acceptors (Lipinski definition) is 4. The van der Waals surface area contributed by atoms with Crippen molar-refractivity contribution in [2.24, 2.45) is 5.73 Å². The molecule has 0 aromatic rings. The van der Waals surface area contributed by atoms with Gasteiger partial charge in [0.1, 0.15) is 12.7 Å². The standard InChI is InChI=1S/C9H16N2O4/c10-4-2-1-3-7(6-12)11-8(13)5-9(14)15/h6-7H,1-5,10H2,(H,11,13)(H,14,15)/t7-/m0/s1. The number of amides is 1. The number of aldehydes is 1. The summed E-state index contributed by atoms with van der Waals surface area (Å²) in [7, 11) is 0. The number of carbonyl (C=O) groups excluding carboxylic acids is 2. The van der Waals surface area contributed by atoms with Crippen LogP contribution in [0.1, 0.15) is 25.7 Å². The third-order valence-corrected chi connectivity index (χ3v) is 1.79. The summed E-state index contributed by atoms with van der Waals surface area (Å²) in [4.78, 5) is 31.7. The molecule has 0 heterocycles. The van der Waals surface area contributed by atoms with E-state index in [0.717, 1.165) is 12.8 Å². The summed E-state index contributed by atoms with van der Waals surface area (Å²) in [5.74, 6) is -1.86. The minimum absolute atomic E-state index is 0.492. The second-order valence-corrected chi connectivity index (χ2v) is 3.17. The average Bonchev–Trinajstić information content (AvgIpc) is 2.15. The molecule has 0 spiro atoms. The first kappa shape index (κ1) is 13.6. The number of carbonyl (C=O) groups is 3. The predicted molar refractivity (Wildman–Crippen MR) is 53.2 cm³/mol. The van der Waals surface area contributed by atoms with Gasteiger partial charge < -0.3 is 21.0 Å². The number of nitrogens with two attached hydrogens (primary N) is 1. The molecule has 1 amide bonds. The quantitative estimate of drug-likeness (QED) is 0.281. The van der Waals surface area contributed by atoms with Crippen LogP contribution in [0.4, 0.5) is 0 Å². The van der Waals surface area contributed by atoms with Crippen LogP contribution in [0.5, 0.6) is 0 Å². The molecule has 0 aromatic heterocycles. The summed E-state index contributed by atoms with van der Waals surface area (Å²) in [5.41, 5.74) is 5.27. The number of rotatable bonds is 8. The van der Waals surface area contributed by atoms with Crippen LogP contribution in [0.25, 0.3) is 0 Å². The summed E-state index contributed by atoms with van der Waals surface area (Å²) in [6.07, 6.45) is 2.00. The summed E-state index contributed by atoms with van der Waals surface area (Å²) in [5, 5.41) is 10.6. The molecular formula is C9H16N2O4. The summed E-state index contributed by atoms with van der Waals surface area (Å²) >= 11 is 0. The van der Waals surface area contributed by atoms with Gasteiger partial charge in [-0.15, -0.1) is 0 Å². The van der Waals surface area contributed by atoms with Crippen molar-refractivity contribution in [2.45, 2.75) is 31.7 Å². The second-order valence-electron chi connectivity index (χ2n) is 3.17. The lowest BCUT2D eigenvalue weighted by molar-refractivity contribution is -0.141. The topological polar surface area (TPSA) is 109 Å². The van der Waals surface area contributed by atoms with Gasteiger partial charge >= 0.3 is 5.97 Å². The molecule has 0 rings (SSSR count). The molecule has 0 saturated heterocycles. The Hall–Kier alpha value is -1.43. The first-order valence-electron chi connectivity index (χ1n) is 4.76. The van der Waals surface area contributed by atoms with Crippen LogP contribution in [0.2, 0.25) is 0 Å². The van der Waals surface area contributed by atoms with Gasteiger partial charge in [-0.1, -0.05) is 0 Å². The van der Waals surface area contributed by atoms with E-state index in [1.807, 2.05) is 0 Å². The van der Waals surface area contributed by atoms with Crippen molar-refractivity contribution in [2.75, 3.05) is 6.54 Å². The van der Waals surface area contributed by atoms with Gasteiger partial charge in [-0.05, 0) is 25.8 Å². The number of carboxylic acids is 1. The Morgan fingerprint density at radius 2 is 2.07 bits per heavy atom. The Labute approximate surface area is 87.8 Å². The monoisotopic (exact) mass is 216 g/mol. The van der Waals surface area contributed by atoms with Crippen molar-refractivity contribution in [1.82, 2.24) is 5.32 Å². The second kappa shape index (κ2) is 7.93. The van der Waals surface area contributed by atoms with Crippen molar-refractivity contribution in [3.05, 3.63) is 0 Å². The molecule has 15 heavy (non-hydrogen) atoms. The highest BCUT2D eigenvalue weighted by Crippen LogP contribution is 1.98. The van der Waals surface area contributed by atoms with Crippen LogP contribution in [-0.4, -0.2) is 35.9 Å². The molecule has 0 aliphatic carbocycles. The minimum Gasteiger partial charge on any atom is -0.481 e. The zero-order chi connectivity index (χ0) is 11.7. The Balaban J connectivity index is 3.82. The number of nitrogens with one attached hydrogen (secondary N) is 1. The van der Waals surface area contributed by atoms with Gasteiger partial charge in [0.25, 0.3) is 0 Å². The van der Waals surface area contributed by atoms with Crippen molar-refractivity contribution < 1.29 is 19.5 Å². The number of aliphatic carboxylic acids is 1. The fraction of sp³-hybridized carbons (Fsp3) is 0.667. The molecule has 86 valence electrons. The van der Waals surface area contributed by atoms with Gasteiger partial charge in [0.15, 0.2) is 0 Å². The number of unbranched alkanes of at least 4 members (excludes halogenated alkanes) is 1. The van der Waals surface area contributed by atoms with E-state index in [1.165, 1.54) is 0 Å². The van der Waals surface area contributed by atoms with E-state index < -0.39 is 24.3 Å². The first-order chi connectivity index (χ1) is 7.10. The Kier molecular flexibility index (Phi) is 7.17. The average molecular weight is 216 g/mol. The van der Waals surface area contributed by atoms with E-state index in [-0.39, 0.29) is 0 Å². The molecule has 4 N–H and O–H groups in total. The fourth-order valence-corrected chi connectivity index (χ4v) is 1.08. The van der Waals surface area contributed by atoms with E-state index in [1.54, 1.807) is 0 Å². The van der Waals surface area contributed by atoms with Gasteiger partial charge in [-0.25, -0.2) is 0 Å². The number of carboxylic acid groups (broad SMARTS) is 1. The summed E-state index contributed by atoms with van der Waals surface area (Å²) in [6, 6.07) is -0.608. The zero-order valence-electron chi connectivity index (χ0n) is 8.44. The molecule has 0 aromatic carbocycles. The molecule has 0 bridgehead atoms. The zero-order valence-corrected chi connectivity index (χ0v) is 8.44. The van der Waals surface area contributed by atoms with Gasteiger partial charge in [0, 0.05) is 0 Å². The van der Waals surface area contributed by atoms with Crippen LogP contribution in [0.15, 0.2) is 0 Å². The predicted octanol–water partition coefficient (Wildman–Crippen LogP) is -0.726. The smallest absolute Gasteiger partial charge is 0.312 e. The molecule has 6 nitrogen and oxygen atoms in total. The molecule has 0 fully saturated rings. The molecular weight excluding hydrogens is 200 g/mol. The fourth-order valence-electron chi connectivity index (χ4n) is 1.08. The lowest BCUT2D eigenvalue weighted by Crippen LogP contribution is -2.37. The summed E-state index contributed by atoms with van der Waals surface area (Å²) < 4.78 is 0. The Bertz CT molecular complexity index is 230. The van der Waals surface area contributed by atoms with Crippen LogP contribution in [0, 0.1) is 0 Å². The molecule has 6 heteroatoms. The van der Waals surface area contributed by atoms with Gasteiger partial charge in [-0.2, -0.15) is 0 Å². The van der Waals surface area contributed by atoms with E-state index in [2.05, 4.69) is 5.32 Å². The van der Waals surface area contributed by atoms with Crippen molar-refractivity contribution >= 4 is 18.2 Å². The van der Waals surface area contributed by atoms with Gasteiger partial charge in [0.2, 0.25) is 5.91 Å². The van der Waals surface area contributed by atoms with Crippen LogP contribution in [0.3, 0.4) is 0 Å². The first-order valence-corrected chi connectivity index (χ1v) is 4.76. The lowest BCUT2D eigenvalue weighted by Gasteiger charge is -2.11.